The van der Waals surface area contributed by atoms with E-state index in [2.05, 4.69) is 6.07 Å². The molecule has 3 rings (SSSR count). The highest BCUT2D eigenvalue weighted by molar-refractivity contribution is 6.04. The molecule has 0 saturated carbocycles. The molecule has 0 fully saturated rings. The number of hydrogen-bond donors (Lipinski definition) is 1. The number of carbonyl (C=O) groups excluding carboxylic acids is 1. The van der Waals surface area contributed by atoms with Gasteiger partial charge < -0.3 is 0 Å². The Morgan fingerprint density at radius 1 is 1.00 bits per heavy atom. The zero-order valence-corrected chi connectivity index (χ0v) is 12.4. The summed E-state index contributed by atoms with van der Waals surface area (Å²) in [5.41, 5.74) is 3.95. The summed E-state index contributed by atoms with van der Waals surface area (Å²) in [4.78, 5) is 12.2. The second-order valence-corrected chi connectivity index (χ2v) is 5.55. The van der Waals surface area contributed by atoms with Gasteiger partial charge in [-0.15, -0.1) is 0 Å². The Balaban J connectivity index is 1.73. The summed E-state index contributed by atoms with van der Waals surface area (Å²) in [6.07, 6.45) is 7.37. The Bertz CT molecular complexity index is 692. The number of fused-ring (bicyclic) bond motifs is 1. The van der Waals surface area contributed by atoms with E-state index < -0.39 is 0 Å². The van der Waals surface area contributed by atoms with Crippen molar-refractivity contribution in [3.05, 3.63) is 77.5 Å². The fraction of sp³-hybridized carbons (Fsp3) is 0.211. The van der Waals surface area contributed by atoms with E-state index in [9.17, 15) is 10.0 Å². The monoisotopic (exact) mass is 293 g/mol. The molecule has 0 atom stereocenters. The Labute approximate surface area is 130 Å². The van der Waals surface area contributed by atoms with Crippen LogP contribution in [0.25, 0.3) is 0 Å². The number of para-hydroxylation sites is 1. The lowest BCUT2D eigenvalue weighted by Gasteiger charge is -2.16. The number of allylic oxidation sites excluding steroid dienone is 1. The standard InChI is InChI=1S/C19H19NO2/c21-19(12-13-20(22)18-8-2-1-3-9-18)17-11-10-15-6-4-5-7-16(15)14-17/h1-3,8-14,22H,4-7H2. The minimum absolute atomic E-state index is 0.0941. The highest BCUT2D eigenvalue weighted by Gasteiger charge is 2.11. The van der Waals surface area contributed by atoms with Crippen molar-refractivity contribution in [1.82, 2.24) is 0 Å². The van der Waals surface area contributed by atoms with Crippen LogP contribution in [-0.2, 0) is 12.8 Å². The lowest BCUT2D eigenvalue weighted by Crippen LogP contribution is -2.10. The maximum absolute atomic E-state index is 12.2. The van der Waals surface area contributed by atoms with Gasteiger partial charge >= 0.3 is 0 Å². The molecule has 1 N–H and O–H groups in total. The second kappa shape index (κ2) is 6.58. The van der Waals surface area contributed by atoms with E-state index in [0.717, 1.165) is 17.9 Å². The van der Waals surface area contributed by atoms with E-state index in [1.54, 1.807) is 12.1 Å². The zero-order chi connectivity index (χ0) is 15.4. The lowest BCUT2D eigenvalue weighted by atomic mass is 9.90. The van der Waals surface area contributed by atoms with Gasteiger partial charge in [-0.2, -0.15) is 0 Å². The van der Waals surface area contributed by atoms with Gasteiger partial charge in [-0.05, 0) is 55.0 Å². The Morgan fingerprint density at radius 3 is 2.50 bits per heavy atom. The van der Waals surface area contributed by atoms with E-state index in [1.807, 2.05) is 30.3 Å². The van der Waals surface area contributed by atoms with Gasteiger partial charge in [0.25, 0.3) is 0 Å². The molecular formula is C19H19NO2. The quantitative estimate of drug-likeness (QED) is 0.523. The summed E-state index contributed by atoms with van der Waals surface area (Å²) in [5, 5.41) is 10.9. The average molecular weight is 293 g/mol. The summed E-state index contributed by atoms with van der Waals surface area (Å²) in [7, 11) is 0. The summed E-state index contributed by atoms with van der Waals surface area (Å²) < 4.78 is 0. The van der Waals surface area contributed by atoms with Gasteiger partial charge in [0.15, 0.2) is 5.78 Å². The number of aryl methyl sites for hydroxylation is 2. The van der Waals surface area contributed by atoms with Gasteiger partial charge in [0, 0.05) is 17.8 Å². The Hall–Kier alpha value is -2.39. The number of carbonyl (C=O) groups is 1. The van der Waals surface area contributed by atoms with Crippen molar-refractivity contribution in [2.75, 3.05) is 5.06 Å². The topological polar surface area (TPSA) is 40.5 Å². The number of anilines is 1. The largest absolute Gasteiger partial charge is 0.289 e. The molecule has 0 aromatic heterocycles. The number of benzene rings is 2. The molecule has 1 aliphatic carbocycles. The van der Waals surface area contributed by atoms with Crippen LogP contribution in [0, 0.1) is 0 Å². The summed E-state index contributed by atoms with van der Waals surface area (Å²) in [6, 6.07) is 15.0. The zero-order valence-electron chi connectivity index (χ0n) is 12.4. The van der Waals surface area contributed by atoms with Gasteiger partial charge in [0.2, 0.25) is 0 Å². The van der Waals surface area contributed by atoms with Crippen LogP contribution in [0.3, 0.4) is 0 Å². The van der Waals surface area contributed by atoms with Gasteiger partial charge in [-0.25, -0.2) is 5.06 Å². The van der Waals surface area contributed by atoms with Crippen LogP contribution in [0.15, 0.2) is 60.8 Å². The maximum atomic E-state index is 12.2. The summed E-state index contributed by atoms with van der Waals surface area (Å²) in [6.45, 7) is 0. The number of hydrogen-bond acceptors (Lipinski definition) is 3. The third kappa shape index (κ3) is 3.26. The van der Waals surface area contributed by atoms with Crippen LogP contribution in [-0.4, -0.2) is 11.0 Å². The third-order valence-corrected chi connectivity index (χ3v) is 4.02. The van der Waals surface area contributed by atoms with Crippen LogP contribution >= 0.6 is 0 Å². The normalized spacial score (nSPS) is 13.9. The first-order valence-corrected chi connectivity index (χ1v) is 7.61. The van der Waals surface area contributed by atoms with Crippen molar-refractivity contribution in [3.63, 3.8) is 0 Å². The van der Waals surface area contributed by atoms with Crippen molar-refractivity contribution in [1.29, 1.82) is 0 Å². The first-order valence-electron chi connectivity index (χ1n) is 7.61. The van der Waals surface area contributed by atoms with Crippen LogP contribution in [0.1, 0.15) is 34.3 Å². The molecule has 2 aromatic carbocycles. The van der Waals surface area contributed by atoms with E-state index >= 15 is 0 Å². The third-order valence-electron chi connectivity index (χ3n) is 4.02. The SMILES string of the molecule is O=C(C=CN(O)c1ccccc1)c1ccc2c(c1)CCCC2. The molecule has 3 heteroatoms. The highest BCUT2D eigenvalue weighted by atomic mass is 16.5. The number of nitrogens with zero attached hydrogens (tertiary/aromatic N) is 1. The molecule has 0 bridgehead atoms. The predicted octanol–water partition coefficient (Wildman–Crippen LogP) is 4.16. The van der Waals surface area contributed by atoms with Crippen molar-refractivity contribution in [2.24, 2.45) is 0 Å². The van der Waals surface area contributed by atoms with Crippen LogP contribution in [0.2, 0.25) is 0 Å². The maximum Gasteiger partial charge on any atom is 0.187 e. The fourth-order valence-corrected chi connectivity index (χ4v) is 2.79. The molecule has 0 saturated heterocycles. The van der Waals surface area contributed by atoms with E-state index in [1.165, 1.54) is 36.2 Å². The molecule has 3 nitrogen and oxygen atoms in total. The molecule has 0 aliphatic heterocycles. The summed E-state index contributed by atoms with van der Waals surface area (Å²) >= 11 is 0. The molecule has 22 heavy (non-hydrogen) atoms. The van der Waals surface area contributed by atoms with E-state index in [-0.39, 0.29) is 5.78 Å². The number of rotatable bonds is 4. The minimum Gasteiger partial charge on any atom is -0.289 e. The summed E-state index contributed by atoms with van der Waals surface area (Å²) in [5.74, 6) is -0.0941. The van der Waals surface area contributed by atoms with Crippen LogP contribution in [0.5, 0.6) is 0 Å². The minimum atomic E-state index is -0.0941. The van der Waals surface area contributed by atoms with Gasteiger partial charge in [0.05, 0.1) is 5.69 Å². The second-order valence-electron chi connectivity index (χ2n) is 5.55. The molecule has 2 aromatic rings. The lowest BCUT2D eigenvalue weighted by molar-refractivity contribution is 0.104. The van der Waals surface area contributed by atoms with Gasteiger partial charge in [-0.3, -0.25) is 10.0 Å². The van der Waals surface area contributed by atoms with Crippen molar-refractivity contribution >= 4 is 11.5 Å². The van der Waals surface area contributed by atoms with E-state index in [4.69, 9.17) is 0 Å². The first kappa shape index (κ1) is 14.5. The van der Waals surface area contributed by atoms with Crippen LogP contribution < -0.4 is 5.06 Å². The van der Waals surface area contributed by atoms with Gasteiger partial charge in [0.1, 0.15) is 0 Å². The molecule has 112 valence electrons. The molecule has 1 aliphatic rings. The Kier molecular flexibility index (Phi) is 4.35. The molecular weight excluding hydrogens is 274 g/mol. The molecule has 0 unspecified atom stereocenters. The number of ketones is 1. The number of hydroxylamine groups is 1. The molecule has 0 amide bonds. The predicted molar refractivity (Wildman–Crippen MR) is 87.3 cm³/mol. The van der Waals surface area contributed by atoms with E-state index in [0.29, 0.717) is 11.3 Å². The smallest absolute Gasteiger partial charge is 0.187 e. The van der Waals surface area contributed by atoms with Crippen molar-refractivity contribution in [2.45, 2.75) is 25.7 Å². The first-order chi connectivity index (χ1) is 10.7. The van der Waals surface area contributed by atoms with Crippen LogP contribution in [0.4, 0.5) is 5.69 Å². The van der Waals surface area contributed by atoms with Gasteiger partial charge in [-0.1, -0.05) is 30.3 Å². The highest BCUT2D eigenvalue weighted by Crippen LogP contribution is 2.22. The molecule has 0 radical (unpaired) electrons. The molecule has 0 spiro atoms. The molecule has 0 heterocycles. The Morgan fingerprint density at radius 2 is 1.73 bits per heavy atom. The van der Waals surface area contributed by atoms with Crippen molar-refractivity contribution in [3.8, 4) is 0 Å². The van der Waals surface area contributed by atoms with Crippen molar-refractivity contribution < 1.29 is 10.0 Å². The fourth-order valence-electron chi connectivity index (χ4n) is 2.79. The average Bonchev–Trinajstić information content (AvgIpc) is 2.59.